The Bertz CT molecular complexity index is 1060. The number of rotatable bonds is 10. The van der Waals surface area contributed by atoms with Gasteiger partial charge in [-0.2, -0.15) is 0 Å². The summed E-state index contributed by atoms with van der Waals surface area (Å²) >= 11 is 0. The van der Waals surface area contributed by atoms with Crippen molar-refractivity contribution in [3.63, 3.8) is 0 Å². The molecule has 0 amide bonds. The highest BCUT2D eigenvalue weighted by atomic mass is 16.5. The van der Waals surface area contributed by atoms with Crippen molar-refractivity contribution in [1.29, 1.82) is 0 Å². The molecular formula is C24H22O10. The molecule has 0 aliphatic carbocycles. The molecule has 3 aromatic carbocycles. The molecule has 0 spiro atoms. The van der Waals surface area contributed by atoms with Crippen LogP contribution >= 0.6 is 0 Å². The molecule has 0 saturated carbocycles. The third-order valence-corrected chi connectivity index (χ3v) is 4.68. The van der Waals surface area contributed by atoms with Gasteiger partial charge in [0.1, 0.15) is 11.5 Å². The maximum atomic E-state index is 11.3. The summed E-state index contributed by atoms with van der Waals surface area (Å²) in [5.41, 5.74) is -0.0248. The van der Waals surface area contributed by atoms with E-state index in [9.17, 15) is 19.8 Å². The molecule has 0 heterocycles. The molecule has 0 aromatic heterocycles. The third kappa shape index (κ3) is 5.07. The molecule has 0 fully saturated rings. The second kappa shape index (κ2) is 10.3. The quantitative estimate of drug-likeness (QED) is 0.430. The van der Waals surface area contributed by atoms with Crippen LogP contribution in [0.25, 0.3) is 0 Å². The van der Waals surface area contributed by atoms with Gasteiger partial charge in [-0.1, -0.05) is 0 Å². The summed E-state index contributed by atoms with van der Waals surface area (Å²) in [5, 5.41) is 18.5. The number of carbonyl (C=O) groups is 2. The van der Waals surface area contributed by atoms with Crippen molar-refractivity contribution in [3.05, 3.63) is 59.7 Å². The number of methoxy groups -OCH3 is 4. The topological polar surface area (TPSA) is 130 Å². The SMILES string of the molecule is COc1cc(C(=O)O)cc(OC)c1Oc1ccc(Oc2c(OC)cc(C(=O)O)cc2OC)cc1. The molecule has 0 radical (unpaired) electrons. The molecule has 178 valence electrons. The second-order valence-electron chi connectivity index (χ2n) is 6.71. The van der Waals surface area contributed by atoms with Gasteiger partial charge in [0, 0.05) is 0 Å². The monoisotopic (exact) mass is 470 g/mol. The first-order chi connectivity index (χ1) is 16.3. The molecule has 0 aliphatic rings. The molecule has 0 bridgehead atoms. The van der Waals surface area contributed by atoms with Crippen LogP contribution in [0.3, 0.4) is 0 Å². The lowest BCUT2D eigenvalue weighted by Gasteiger charge is -2.16. The Morgan fingerprint density at radius 3 is 1.03 bits per heavy atom. The second-order valence-corrected chi connectivity index (χ2v) is 6.71. The van der Waals surface area contributed by atoms with Crippen molar-refractivity contribution in [2.75, 3.05) is 28.4 Å². The van der Waals surface area contributed by atoms with E-state index in [-0.39, 0.29) is 45.6 Å². The van der Waals surface area contributed by atoms with Crippen LogP contribution in [0.5, 0.6) is 46.0 Å². The molecule has 0 atom stereocenters. The predicted octanol–water partition coefficient (Wildman–Crippen LogP) is 4.70. The van der Waals surface area contributed by atoms with Gasteiger partial charge in [-0.3, -0.25) is 0 Å². The summed E-state index contributed by atoms with van der Waals surface area (Å²) in [6.07, 6.45) is 0. The van der Waals surface area contributed by atoms with Crippen molar-refractivity contribution in [2.24, 2.45) is 0 Å². The van der Waals surface area contributed by atoms with E-state index in [1.54, 1.807) is 24.3 Å². The summed E-state index contributed by atoms with van der Waals surface area (Å²) in [6, 6.07) is 11.8. The average molecular weight is 470 g/mol. The lowest BCUT2D eigenvalue weighted by atomic mass is 10.2. The number of carboxylic acids is 2. The van der Waals surface area contributed by atoms with E-state index in [4.69, 9.17) is 28.4 Å². The van der Waals surface area contributed by atoms with Gasteiger partial charge in [-0.05, 0) is 48.5 Å². The Balaban J connectivity index is 1.89. The van der Waals surface area contributed by atoms with Crippen LogP contribution in [0.15, 0.2) is 48.5 Å². The molecular weight excluding hydrogens is 448 g/mol. The number of aromatic carboxylic acids is 2. The smallest absolute Gasteiger partial charge is 0.335 e. The van der Waals surface area contributed by atoms with Gasteiger partial charge in [0.05, 0.1) is 39.6 Å². The van der Waals surface area contributed by atoms with Crippen molar-refractivity contribution in [1.82, 2.24) is 0 Å². The number of hydrogen-bond donors (Lipinski definition) is 2. The van der Waals surface area contributed by atoms with E-state index in [0.29, 0.717) is 11.5 Å². The summed E-state index contributed by atoms with van der Waals surface area (Å²) in [5.74, 6) is -0.323. The van der Waals surface area contributed by atoms with E-state index < -0.39 is 11.9 Å². The zero-order chi connectivity index (χ0) is 24.8. The van der Waals surface area contributed by atoms with Crippen LogP contribution in [-0.4, -0.2) is 50.6 Å². The Hall–Kier alpha value is -4.60. The molecule has 10 nitrogen and oxygen atoms in total. The highest BCUT2D eigenvalue weighted by Crippen LogP contribution is 2.43. The minimum atomic E-state index is -1.13. The first-order valence-electron chi connectivity index (χ1n) is 9.75. The molecule has 0 aliphatic heterocycles. The first-order valence-corrected chi connectivity index (χ1v) is 9.75. The van der Waals surface area contributed by atoms with Crippen LogP contribution < -0.4 is 28.4 Å². The zero-order valence-electron chi connectivity index (χ0n) is 18.8. The van der Waals surface area contributed by atoms with E-state index in [1.807, 2.05) is 0 Å². The normalized spacial score (nSPS) is 10.2. The molecule has 0 saturated heterocycles. The molecule has 0 unspecified atom stereocenters. The highest BCUT2D eigenvalue weighted by molar-refractivity contribution is 5.90. The molecule has 2 N–H and O–H groups in total. The molecule has 34 heavy (non-hydrogen) atoms. The van der Waals surface area contributed by atoms with E-state index in [0.717, 1.165) is 0 Å². The minimum absolute atomic E-state index is 0.0124. The van der Waals surface area contributed by atoms with Gasteiger partial charge in [0.15, 0.2) is 23.0 Å². The maximum absolute atomic E-state index is 11.3. The van der Waals surface area contributed by atoms with Gasteiger partial charge in [0.25, 0.3) is 0 Å². The van der Waals surface area contributed by atoms with Crippen molar-refractivity contribution in [2.45, 2.75) is 0 Å². The minimum Gasteiger partial charge on any atom is -0.493 e. The Morgan fingerprint density at radius 1 is 0.559 bits per heavy atom. The zero-order valence-corrected chi connectivity index (χ0v) is 18.8. The van der Waals surface area contributed by atoms with Crippen LogP contribution in [0.4, 0.5) is 0 Å². The highest BCUT2D eigenvalue weighted by Gasteiger charge is 2.20. The van der Waals surface area contributed by atoms with Crippen molar-refractivity contribution < 1.29 is 48.2 Å². The van der Waals surface area contributed by atoms with Crippen molar-refractivity contribution >= 4 is 11.9 Å². The first kappa shape index (κ1) is 24.1. The van der Waals surface area contributed by atoms with Gasteiger partial charge in [0.2, 0.25) is 11.5 Å². The average Bonchev–Trinajstić information content (AvgIpc) is 2.84. The lowest BCUT2D eigenvalue weighted by Crippen LogP contribution is -2.01. The fourth-order valence-corrected chi connectivity index (χ4v) is 3.02. The van der Waals surface area contributed by atoms with Gasteiger partial charge >= 0.3 is 11.9 Å². The van der Waals surface area contributed by atoms with E-state index in [1.165, 1.54) is 52.7 Å². The molecule has 3 aromatic rings. The van der Waals surface area contributed by atoms with Gasteiger partial charge < -0.3 is 38.6 Å². The summed E-state index contributed by atoms with van der Waals surface area (Å²) < 4.78 is 32.8. The number of hydrogen-bond acceptors (Lipinski definition) is 8. The third-order valence-electron chi connectivity index (χ3n) is 4.68. The fourth-order valence-electron chi connectivity index (χ4n) is 3.02. The number of ether oxygens (including phenoxy) is 6. The predicted molar refractivity (Wildman–Crippen MR) is 120 cm³/mol. The van der Waals surface area contributed by atoms with Gasteiger partial charge in [-0.25, -0.2) is 9.59 Å². The lowest BCUT2D eigenvalue weighted by molar-refractivity contribution is 0.0685. The largest absolute Gasteiger partial charge is 0.493 e. The number of carboxylic acid groups (broad SMARTS) is 2. The Labute approximate surface area is 194 Å². The number of benzene rings is 3. The molecule has 10 heteroatoms. The molecule has 3 rings (SSSR count). The van der Waals surface area contributed by atoms with Crippen LogP contribution in [0.1, 0.15) is 20.7 Å². The fraction of sp³-hybridized carbons (Fsp3) is 0.167. The standard InChI is InChI=1S/C24H22O10/c1-29-17-9-13(23(25)26)10-18(30-2)21(17)33-15-5-7-16(8-6-15)34-22-19(31-3)11-14(24(27)28)12-20(22)32-4/h5-12H,1-4H3,(H,25,26)(H,27,28). The van der Waals surface area contributed by atoms with E-state index in [2.05, 4.69) is 0 Å². The summed E-state index contributed by atoms with van der Waals surface area (Å²) in [7, 11) is 5.56. The maximum Gasteiger partial charge on any atom is 0.335 e. The van der Waals surface area contributed by atoms with Crippen LogP contribution in [-0.2, 0) is 0 Å². The van der Waals surface area contributed by atoms with E-state index >= 15 is 0 Å². The van der Waals surface area contributed by atoms with Crippen LogP contribution in [0, 0.1) is 0 Å². The van der Waals surface area contributed by atoms with Gasteiger partial charge in [-0.15, -0.1) is 0 Å². The Morgan fingerprint density at radius 2 is 0.824 bits per heavy atom. The van der Waals surface area contributed by atoms with Crippen LogP contribution in [0.2, 0.25) is 0 Å². The summed E-state index contributed by atoms with van der Waals surface area (Å²) in [6.45, 7) is 0. The summed E-state index contributed by atoms with van der Waals surface area (Å²) in [4.78, 5) is 22.6. The van der Waals surface area contributed by atoms with Crippen molar-refractivity contribution in [3.8, 4) is 46.0 Å². The Kier molecular flexibility index (Phi) is 7.32.